The van der Waals surface area contributed by atoms with Gasteiger partial charge in [0.2, 0.25) is 0 Å². The minimum absolute atomic E-state index is 0.0137. The summed E-state index contributed by atoms with van der Waals surface area (Å²) in [6.07, 6.45) is 2.94. The largest absolute Gasteiger partial charge is 0.382 e. The van der Waals surface area contributed by atoms with Crippen LogP contribution in [0.1, 0.15) is 49.7 Å². The second-order valence-electron chi connectivity index (χ2n) is 4.92. The number of aromatic nitrogens is 1. The highest BCUT2D eigenvalue weighted by Crippen LogP contribution is 2.28. The number of hydrogen-bond donors (Lipinski definition) is 1. The molecule has 0 aliphatic rings. The number of nitrogens with two attached hydrogens (primary N) is 1. The minimum Gasteiger partial charge on any atom is -0.382 e. The van der Waals surface area contributed by atoms with Crippen molar-refractivity contribution in [2.45, 2.75) is 40.0 Å². The van der Waals surface area contributed by atoms with Crippen molar-refractivity contribution in [3.8, 4) is 0 Å². The molecule has 114 valence electrons. The lowest BCUT2D eigenvalue weighted by Crippen LogP contribution is -2.32. The molecule has 0 atom stereocenters. The first kappa shape index (κ1) is 16.8. The lowest BCUT2D eigenvalue weighted by atomic mass is 10.3. The van der Waals surface area contributed by atoms with Gasteiger partial charge in [0.25, 0.3) is 5.91 Å². The highest BCUT2D eigenvalue weighted by atomic mass is 32.1. The third kappa shape index (κ3) is 4.10. The maximum Gasteiger partial charge on any atom is 0.267 e. The van der Waals surface area contributed by atoms with E-state index in [1.165, 1.54) is 11.3 Å². The van der Waals surface area contributed by atoms with E-state index in [0.29, 0.717) is 10.7 Å². The van der Waals surface area contributed by atoms with Gasteiger partial charge in [-0.15, -0.1) is 0 Å². The fourth-order valence-electron chi connectivity index (χ4n) is 2.07. The zero-order chi connectivity index (χ0) is 15.1. The van der Waals surface area contributed by atoms with E-state index < -0.39 is 0 Å². The maximum absolute atomic E-state index is 12.5. The van der Waals surface area contributed by atoms with E-state index in [0.717, 1.165) is 44.0 Å². The molecule has 6 heteroatoms. The normalized spacial score (nSPS) is 10.6. The molecule has 0 bridgehead atoms. The molecule has 0 saturated heterocycles. The monoisotopic (exact) mass is 298 g/mol. The van der Waals surface area contributed by atoms with E-state index in [4.69, 9.17) is 5.73 Å². The average Bonchev–Trinajstić information content (AvgIpc) is 2.80. The summed E-state index contributed by atoms with van der Waals surface area (Å²) in [6.45, 7) is 8.71. The zero-order valence-corrected chi connectivity index (χ0v) is 13.8. The number of hydrogen-bond acceptors (Lipinski definition) is 5. The van der Waals surface area contributed by atoms with Gasteiger partial charge in [-0.05, 0) is 19.3 Å². The number of nitrogens with zero attached hydrogens (tertiary/aromatic N) is 3. The van der Waals surface area contributed by atoms with Gasteiger partial charge < -0.3 is 15.5 Å². The topological polar surface area (TPSA) is 62.5 Å². The quantitative estimate of drug-likeness (QED) is 0.801. The Morgan fingerprint density at radius 1 is 1.15 bits per heavy atom. The summed E-state index contributed by atoms with van der Waals surface area (Å²) in [4.78, 5) is 21.4. The molecule has 0 aromatic carbocycles. The summed E-state index contributed by atoms with van der Waals surface area (Å²) in [7, 11) is 1.98. The molecule has 5 nitrogen and oxygen atoms in total. The van der Waals surface area contributed by atoms with Crippen LogP contribution >= 0.6 is 11.3 Å². The predicted molar refractivity (Wildman–Crippen MR) is 86.6 cm³/mol. The maximum atomic E-state index is 12.5. The summed E-state index contributed by atoms with van der Waals surface area (Å²) in [6, 6.07) is 0. The molecule has 0 radical (unpaired) electrons. The van der Waals surface area contributed by atoms with Crippen LogP contribution in [0.15, 0.2) is 0 Å². The number of amides is 1. The fraction of sp³-hybridized carbons (Fsp3) is 0.714. The molecule has 1 aromatic rings. The Kier molecular flexibility index (Phi) is 6.78. The minimum atomic E-state index is 0.0137. The molecule has 0 fully saturated rings. The van der Waals surface area contributed by atoms with Crippen LogP contribution < -0.4 is 10.6 Å². The highest BCUT2D eigenvalue weighted by molar-refractivity contribution is 7.18. The Labute approximate surface area is 125 Å². The molecule has 0 aliphatic heterocycles. The smallest absolute Gasteiger partial charge is 0.267 e. The molecule has 1 rings (SSSR count). The molecule has 20 heavy (non-hydrogen) atoms. The molecule has 2 N–H and O–H groups in total. The predicted octanol–water partition coefficient (Wildman–Crippen LogP) is 2.83. The number of rotatable bonds is 8. The van der Waals surface area contributed by atoms with Gasteiger partial charge in [-0.2, -0.15) is 0 Å². The third-order valence-electron chi connectivity index (χ3n) is 3.00. The number of thiazole rings is 1. The first-order chi connectivity index (χ1) is 9.54. The molecule has 0 aliphatic carbocycles. The van der Waals surface area contributed by atoms with Crippen LogP contribution in [0.2, 0.25) is 0 Å². The lowest BCUT2D eigenvalue weighted by molar-refractivity contribution is 0.0761. The SMILES string of the molecule is CCCN(CCC)C(=O)c1sc(N(C)CCC)nc1N. The molecule has 0 spiro atoms. The molecular formula is C14H26N4OS. The van der Waals surface area contributed by atoms with Crippen molar-refractivity contribution in [1.82, 2.24) is 9.88 Å². The van der Waals surface area contributed by atoms with Gasteiger partial charge in [-0.3, -0.25) is 4.79 Å². The van der Waals surface area contributed by atoms with Crippen molar-refractivity contribution in [3.63, 3.8) is 0 Å². The first-order valence-corrected chi connectivity index (χ1v) is 8.13. The Hall–Kier alpha value is -1.30. The van der Waals surface area contributed by atoms with Crippen LogP contribution in [0.5, 0.6) is 0 Å². The Bertz CT molecular complexity index is 427. The summed E-state index contributed by atoms with van der Waals surface area (Å²) in [5.41, 5.74) is 5.93. The van der Waals surface area contributed by atoms with E-state index in [1.54, 1.807) is 0 Å². The van der Waals surface area contributed by atoms with Crippen molar-refractivity contribution < 1.29 is 4.79 Å². The number of anilines is 2. The van der Waals surface area contributed by atoms with Crippen LogP contribution in [0, 0.1) is 0 Å². The van der Waals surface area contributed by atoms with Crippen molar-refractivity contribution in [2.24, 2.45) is 0 Å². The second-order valence-corrected chi connectivity index (χ2v) is 5.90. The van der Waals surface area contributed by atoms with Crippen molar-refractivity contribution in [2.75, 3.05) is 37.3 Å². The Morgan fingerprint density at radius 3 is 2.20 bits per heavy atom. The second kappa shape index (κ2) is 8.09. The van der Waals surface area contributed by atoms with Crippen LogP contribution in [0.4, 0.5) is 10.9 Å². The van der Waals surface area contributed by atoms with Crippen LogP contribution in [0.25, 0.3) is 0 Å². The fourth-order valence-corrected chi connectivity index (χ4v) is 3.01. The van der Waals surface area contributed by atoms with Gasteiger partial charge >= 0.3 is 0 Å². The molecule has 1 amide bonds. The standard InChI is InChI=1S/C14H26N4OS/c1-5-8-17(4)14-16-12(15)11(20-14)13(19)18(9-6-2)10-7-3/h5-10,15H2,1-4H3. The molecule has 0 unspecified atom stereocenters. The summed E-state index contributed by atoms with van der Waals surface area (Å²) < 4.78 is 0. The van der Waals surface area contributed by atoms with Gasteiger partial charge in [0, 0.05) is 26.7 Å². The van der Waals surface area contributed by atoms with E-state index in [2.05, 4.69) is 25.8 Å². The third-order valence-corrected chi connectivity index (χ3v) is 4.17. The first-order valence-electron chi connectivity index (χ1n) is 7.31. The van der Waals surface area contributed by atoms with Gasteiger partial charge in [0.15, 0.2) is 5.13 Å². The average molecular weight is 298 g/mol. The van der Waals surface area contributed by atoms with Crippen molar-refractivity contribution in [1.29, 1.82) is 0 Å². The van der Waals surface area contributed by atoms with Crippen LogP contribution in [-0.2, 0) is 0 Å². The molecule has 1 heterocycles. The molecular weight excluding hydrogens is 272 g/mol. The van der Waals surface area contributed by atoms with Gasteiger partial charge in [-0.25, -0.2) is 4.98 Å². The van der Waals surface area contributed by atoms with E-state index in [1.807, 2.05) is 16.8 Å². The van der Waals surface area contributed by atoms with Crippen LogP contribution in [-0.4, -0.2) is 42.5 Å². The van der Waals surface area contributed by atoms with Gasteiger partial charge in [0.1, 0.15) is 10.7 Å². The van der Waals surface area contributed by atoms with E-state index >= 15 is 0 Å². The molecule has 1 aromatic heterocycles. The van der Waals surface area contributed by atoms with Gasteiger partial charge in [-0.1, -0.05) is 32.1 Å². The Balaban J connectivity index is 2.91. The summed E-state index contributed by atoms with van der Waals surface area (Å²) in [5, 5.41) is 0.820. The van der Waals surface area contributed by atoms with Crippen molar-refractivity contribution >= 4 is 28.2 Å². The number of carbonyl (C=O) groups excluding carboxylic acids is 1. The number of nitrogen functional groups attached to an aromatic ring is 1. The summed E-state index contributed by atoms with van der Waals surface area (Å²) in [5.74, 6) is 0.370. The number of carbonyl (C=O) groups is 1. The van der Waals surface area contributed by atoms with Crippen LogP contribution in [0.3, 0.4) is 0 Å². The van der Waals surface area contributed by atoms with Gasteiger partial charge in [0.05, 0.1) is 0 Å². The molecule has 0 saturated carbocycles. The Morgan fingerprint density at radius 2 is 1.70 bits per heavy atom. The lowest BCUT2D eigenvalue weighted by Gasteiger charge is -2.20. The van der Waals surface area contributed by atoms with E-state index in [9.17, 15) is 4.79 Å². The van der Waals surface area contributed by atoms with Crippen molar-refractivity contribution in [3.05, 3.63) is 4.88 Å². The summed E-state index contributed by atoms with van der Waals surface area (Å²) >= 11 is 1.39. The zero-order valence-electron chi connectivity index (χ0n) is 13.0. The van der Waals surface area contributed by atoms with E-state index in [-0.39, 0.29) is 5.91 Å². The highest BCUT2D eigenvalue weighted by Gasteiger charge is 2.22.